The SMILES string of the molecule is CNC(C1=CCCCO1)c1c(Cl)cccc1Cl. The summed E-state index contributed by atoms with van der Waals surface area (Å²) in [5, 5.41) is 4.53. The number of rotatable bonds is 3. The molecule has 4 heteroatoms. The predicted molar refractivity (Wildman–Crippen MR) is 71.5 cm³/mol. The van der Waals surface area contributed by atoms with Gasteiger partial charge < -0.3 is 10.1 Å². The van der Waals surface area contributed by atoms with Gasteiger partial charge in [-0.05, 0) is 38.1 Å². The molecule has 17 heavy (non-hydrogen) atoms. The molecule has 0 aliphatic carbocycles. The predicted octanol–water partition coefficient (Wildman–Crippen LogP) is 3.95. The highest BCUT2D eigenvalue weighted by molar-refractivity contribution is 6.36. The first kappa shape index (κ1) is 12.7. The van der Waals surface area contributed by atoms with E-state index in [1.165, 1.54) is 0 Å². The molecule has 1 unspecified atom stereocenters. The van der Waals surface area contributed by atoms with Gasteiger partial charge in [-0.15, -0.1) is 0 Å². The molecular weight excluding hydrogens is 257 g/mol. The van der Waals surface area contributed by atoms with E-state index in [1.807, 2.05) is 25.2 Å². The maximum Gasteiger partial charge on any atom is 0.114 e. The molecule has 0 radical (unpaired) electrons. The zero-order chi connectivity index (χ0) is 12.3. The van der Waals surface area contributed by atoms with Crippen LogP contribution in [0, 0.1) is 0 Å². The van der Waals surface area contributed by atoms with Gasteiger partial charge in [-0.25, -0.2) is 0 Å². The minimum absolute atomic E-state index is 0.0727. The average molecular weight is 272 g/mol. The number of halogens is 2. The number of benzene rings is 1. The first-order chi connectivity index (χ1) is 8.24. The van der Waals surface area contributed by atoms with Crippen LogP contribution in [-0.4, -0.2) is 13.7 Å². The highest BCUT2D eigenvalue weighted by Crippen LogP contribution is 2.35. The third-order valence-corrected chi connectivity index (χ3v) is 3.48. The molecule has 0 amide bonds. The Bertz CT molecular complexity index is 411. The Morgan fingerprint density at radius 1 is 1.29 bits per heavy atom. The molecule has 0 bridgehead atoms. The molecule has 1 aliphatic heterocycles. The van der Waals surface area contributed by atoms with Crippen LogP contribution in [0.25, 0.3) is 0 Å². The van der Waals surface area contributed by atoms with Crippen LogP contribution in [0.1, 0.15) is 24.4 Å². The number of likely N-dealkylation sites (N-methyl/N-ethyl adjacent to an activating group) is 1. The number of hydrogen-bond donors (Lipinski definition) is 1. The number of nitrogens with one attached hydrogen (secondary N) is 1. The van der Waals surface area contributed by atoms with Gasteiger partial charge in [0.2, 0.25) is 0 Å². The topological polar surface area (TPSA) is 21.3 Å². The van der Waals surface area contributed by atoms with E-state index in [2.05, 4.69) is 11.4 Å². The van der Waals surface area contributed by atoms with Gasteiger partial charge >= 0.3 is 0 Å². The molecule has 2 nitrogen and oxygen atoms in total. The van der Waals surface area contributed by atoms with Crippen LogP contribution in [0.2, 0.25) is 10.0 Å². The molecule has 1 atom stereocenters. The first-order valence-corrected chi connectivity index (χ1v) is 6.43. The molecule has 1 aromatic carbocycles. The molecule has 0 fully saturated rings. The Kier molecular flexibility index (Phi) is 4.32. The summed E-state index contributed by atoms with van der Waals surface area (Å²) in [4.78, 5) is 0. The highest BCUT2D eigenvalue weighted by Gasteiger charge is 2.22. The van der Waals surface area contributed by atoms with Gasteiger partial charge in [0.15, 0.2) is 0 Å². The fourth-order valence-electron chi connectivity index (χ4n) is 1.99. The van der Waals surface area contributed by atoms with Crippen molar-refractivity contribution in [3.63, 3.8) is 0 Å². The van der Waals surface area contributed by atoms with E-state index in [-0.39, 0.29) is 6.04 Å². The second kappa shape index (κ2) is 5.76. The summed E-state index contributed by atoms with van der Waals surface area (Å²) >= 11 is 12.4. The van der Waals surface area contributed by atoms with Gasteiger partial charge in [-0.2, -0.15) is 0 Å². The number of allylic oxidation sites excluding steroid dienone is 1. The Morgan fingerprint density at radius 3 is 2.53 bits per heavy atom. The monoisotopic (exact) mass is 271 g/mol. The van der Waals surface area contributed by atoms with Crippen LogP contribution in [0.15, 0.2) is 30.0 Å². The van der Waals surface area contributed by atoms with Crippen molar-refractivity contribution in [2.45, 2.75) is 18.9 Å². The van der Waals surface area contributed by atoms with E-state index < -0.39 is 0 Å². The molecule has 0 saturated carbocycles. The summed E-state index contributed by atoms with van der Waals surface area (Å²) < 4.78 is 5.68. The summed E-state index contributed by atoms with van der Waals surface area (Å²) in [5.74, 6) is 0.911. The van der Waals surface area contributed by atoms with Gasteiger partial charge in [0.05, 0.1) is 12.6 Å². The quantitative estimate of drug-likeness (QED) is 0.899. The van der Waals surface area contributed by atoms with Crippen LogP contribution < -0.4 is 5.32 Å². The smallest absolute Gasteiger partial charge is 0.114 e. The lowest BCUT2D eigenvalue weighted by atomic mass is 10.0. The molecule has 2 rings (SSSR count). The van der Waals surface area contributed by atoms with Gasteiger partial charge in [0, 0.05) is 15.6 Å². The van der Waals surface area contributed by atoms with Crippen LogP contribution in [0.3, 0.4) is 0 Å². The van der Waals surface area contributed by atoms with E-state index >= 15 is 0 Å². The van der Waals surface area contributed by atoms with E-state index in [0.717, 1.165) is 30.8 Å². The maximum absolute atomic E-state index is 6.22. The largest absolute Gasteiger partial charge is 0.496 e. The van der Waals surface area contributed by atoms with Gasteiger partial charge in [0.25, 0.3) is 0 Å². The Balaban J connectivity index is 2.38. The summed E-state index contributed by atoms with van der Waals surface area (Å²) in [7, 11) is 1.88. The van der Waals surface area contributed by atoms with Crippen molar-refractivity contribution in [1.82, 2.24) is 5.32 Å². The van der Waals surface area contributed by atoms with Crippen molar-refractivity contribution >= 4 is 23.2 Å². The van der Waals surface area contributed by atoms with Gasteiger partial charge in [-0.1, -0.05) is 29.3 Å². The Morgan fingerprint density at radius 2 is 2.00 bits per heavy atom. The molecule has 92 valence electrons. The minimum atomic E-state index is -0.0727. The molecule has 0 saturated heterocycles. The molecule has 1 heterocycles. The molecule has 1 aliphatic rings. The standard InChI is InChI=1S/C13H15Cl2NO/c1-16-13(11-7-2-3-8-17-11)12-9(14)5-4-6-10(12)15/h4-7,13,16H,2-3,8H2,1H3. The zero-order valence-electron chi connectivity index (χ0n) is 9.67. The van der Waals surface area contributed by atoms with E-state index in [9.17, 15) is 0 Å². The fraction of sp³-hybridized carbons (Fsp3) is 0.385. The lowest BCUT2D eigenvalue weighted by molar-refractivity contribution is 0.169. The average Bonchev–Trinajstić information content (AvgIpc) is 2.35. The zero-order valence-corrected chi connectivity index (χ0v) is 11.2. The normalized spacial score (nSPS) is 17.2. The molecular formula is C13H15Cl2NO. The Labute approximate surface area is 112 Å². The van der Waals surface area contributed by atoms with Gasteiger partial charge in [-0.3, -0.25) is 0 Å². The molecule has 1 N–H and O–H groups in total. The molecule has 0 spiro atoms. The highest BCUT2D eigenvalue weighted by atomic mass is 35.5. The third-order valence-electron chi connectivity index (χ3n) is 2.82. The summed E-state index contributed by atoms with van der Waals surface area (Å²) in [6.45, 7) is 0.756. The van der Waals surface area contributed by atoms with Crippen LogP contribution >= 0.6 is 23.2 Å². The second-order valence-corrected chi connectivity index (χ2v) is 4.77. The third kappa shape index (κ3) is 2.76. The van der Waals surface area contributed by atoms with Crippen molar-refractivity contribution < 1.29 is 4.74 Å². The van der Waals surface area contributed by atoms with Crippen molar-refractivity contribution in [3.05, 3.63) is 45.6 Å². The lowest BCUT2D eigenvalue weighted by Crippen LogP contribution is -2.22. The lowest BCUT2D eigenvalue weighted by Gasteiger charge is -2.25. The van der Waals surface area contributed by atoms with E-state index in [4.69, 9.17) is 27.9 Å². The fourth-order valence-corrected chi connectivity index (χ4v) is 2.61. The van der Waals surface area contributed by atoms with Crippen molar-refractivity contribution in [2.24, 2.45) is 0 Å². The molecule has 1 aromatic rings. The second-order valence-electron chi connectivity index (χ2n) is 3.95. The number of hydrogen-bond acceptors (Lipinski definition) is 2. The maximum atomic E-state index is 6.22. The van der Waals surface area contributed by atoms with E-state index in [0.29, 0.717) is 10.0 Å². The van der Waals surface area contributed by atoms with Crippen molar-refractivity contribution in [2.75, 3.05) is 13.7 Å². The van der Waals surface area contributed by atoms with Gasteiger partial charge in [0.1, 0.15) is 5.76 Å². The summed E-state index contributed by atoms with van der Waals surface area (Å²) in [6, 6.07) is 5.46. The van der Waals surface area contributed by atoms with Crippen LogP contribution in [0.5, 0.6) is 0 Å². The van der Waals surface area contributed by atoms with Crippen LogP contribution in [-0.2, 0) is 4.74 Å². The van der Waals surface area contributed by atoms with Crippen molar-refractivity contribution in [1.29, 1.82) is 0 Å². The molecule has 0 aromatic heterocycles. The number of ether oxygens (including phenoxy) is 1. The summed E-state index contributed by atoms with van der Waals surface area (Å²) in [6.07, 6.45) is 4.20. The van der Waals surface area contributed by atoms with E-state index in [1.54, 1.807) is 0 Å². The van der Waals surface area contributed by atoms with Crippen molar-refractivity contribution in [3.8, 4) is 0 Å². The minimum Gasteiger partial charge on any atom is -0.496 e. The van der Waals surface area contributed by atoms with Crippen LogP contribution in [0.4, 0.5) is 0 Å². The Hall–Kier alpha value is -0.700. The first-order valence-electron chi connectivity index (χ1n) is 5.68. The summed E-state index contributed by atoms with van der Waals surface area (Å²) in [5.41, 5.74) is 0.881.